The van der Waals surface area contributed by atoms with E-state index in [9.17, 15) is 14.9 Å². The van der Waals surface area contributed by atoms with Gasteiger partial charge in [-0.3, -0.25) is 19.8 Å². The van der Waals surface area contributed by atoms with Crippen LogP contribution in [0, 0.1) is 10.1 Å². The number of nitro groups is 1. The molecule has 1 aliphatic rings. The number of benzene rings is 1. The molecule has 0 aromatic heterocycles. The van der Waals surface area contributed by atoms with Gasteiger partial charge in [-0.05, 0) is 6.07 Å². The molecule has 1 aliphatic heterocycles. The number of ether oxygens (including phenoxy) is 2. The number of halogens is 1. The molecular weight excluding hydrogens is 338 g/mol. The van der Waals surface area contributed by atoms with Crippen molar-refractivity contribution >= 4 is 23.2 Å². The molecule has 130 valence electrons. The normalized spacial score (nSPS) is 15.5. The lowest BCUT2D eigenvalue weighted by Gasteiger charge is -2.25. The van der Waals surface area contributed by atoms with Gasteiger partial charge < -0.3 is 15.2 Å². The lowest BCUT2D eigenvalue weighted by atomic mass is 10.2. The third-order valence-electron chi connectivity index (χ3n) is 3.47. The van der Waals surface area contributed by atoms with Gasteiger partial charge in [0.1, 0.15) is 12.4 Å². The van der Waals surface area contributed by atoms with Crippen LogP contribution in [0.25, 0.3) is 0 Å². The summed E-state index contributed by atoms with van der Waals surface area (Å²) >= 11 is 5.95. The van der Waals surface area contributed by atoms with Crippen LogP contribution in [0.5, 0.6) is 5.75 Å². The Kier molecular flexibility index (Phi) is 6.53. The third kappa shape index (κ3) is 4.92. The van der Waals surface area contributed by atoms with Gasteiger partial charge in [-0.25, -0.2) is 0 Å². The SMILES string of the molecule is NC(=O)c1cc(OC/C=C\CN2CCOCC2)c(Cl)c([N+](=O)[O-])c1. The molecule has 9 heteroatoms. The van der Waals surface area contributed by atoms with Gasteiger partial charge in [0.15, 0.2) is 5.02 Å². The summed E-state index contributed by atoms with van der Waals surface area (Å²) in [5, 5.41) is 10.8. The van der Waals surface area contributed by atoms with Crippen molar-refractivity contribution in [3.05, 3.63) is 45.0 Å². The first-order valence-corrected chi connectivity index (χ1v) is 7.72. The molecule has 0 atom stereocenters. The average Bonchev–Trinajstić information content (AvgIpc) is 2.56. The highest BCUT2D eigenvalue weighted by atomic mass is 35.5. The second kappa shape index (κ2) is 8.62. The second-order valence-electron chi connectivity index (χ2n) is 5.12. The Bertz CT molecular complexity index is 644. The summed E-state index contributed by atoms with van der Waals surface area (Å²) in [5.74, 6) is -0.738. The first kappa shape index (κ1) is 18.2. The van der Waals surface area contributed by atoms with Gasteiger partial charge in [0.2, 0.25) is 5.91 Å². The van der Waals surface area contributed by atoms with Crippen molar-refractivity contribution < 1.29 is 19.2 Å². The van der Waals surface area contributed by atoms with E-state index >= 15 is 0 Å². The van der Waals surface area contributed by atoms with Crippen LogP contribution in [0.4, 0.5) is 5.69 Å². The summed E-state index contributed by atoms with van der Waals surface area (Å²) in [6, 6.07) is 2.33. The van der Waals surface area contributed by atoms with Crippen LogP contribution in [-0.2, 0) is 4.74 Å². The highest BCUT2D eigenvalue weighted by molar-refractivity contribution is 6.34. The number of nitrogens with zero attached hydrogens (tertiary/aromatic N) is 2. The van der Waals surface area contributed by atoms with Crippen LogP contribution in [0.15, 0.2) is 24.3 Å². The zero-order valence-corrected chi connectivity index (χ0v) is 13.7. The van der Waals surface area contributed by atoms with E-state index in [1.807, 2.05) is 6.08 Å². The molecule has 1 heterocycles. The minimum atomic E-state index is -0.789. The number of carbonyl (C=O) groups is 1. The maximum Gasteiger partial charge on any atom is 0.292 e. The molecular formula is C15H18ClN3O5. The van der Waals surface area contributed by atoms with E-state index in [0.717, 1.165) is 38.9 Å². The van der Waals surface area contributed by atoms with E-state index in [2.05, 4.69) is 4.90 Å². The fourth-order valence-electron chi connectivity index (χ4n) is 2.18. The average molecular weight is 356 g/mol. The molecule has 2 N–H and O–H groups in total. The van der Waals surface area contributed by atoms with Gasteiger partial charge >= 0.3 is 0 Å². The van der Waals surface area contributed by atoms with E-state index in [4.69, 9.17) is 26.8 Å². The molecule has 1 amide bonds. The van der Waals surface area contributed by atoms with Gasteiger partial charge in [-0.15, -0.1) is 0 Å². The lowest BCUT2D eigenvalue weighted by Crippen LogP contribution is -2.36. The molecule has 24 heavy (non-hydrogen) atoms. The molecule has 1 aromatic rings. The fourth-order valence-corrected chi connectivity index (χ4v) is 2.41. The molecule has 0 unspecified atom stereocenters. The van der Waals surface area contributed by atoms with E-state index in [1.165, 1.54) is 6.07 Å². The number of nitrogens with two attached hydrogens (primary N) is 1. The van der Waals surface area contributed by atoms with Crippen molar-refractivity contribution in [1.29, 1.82) is 0 Å². The van der Waals surface area contributed by atoms with Crippen molar-refractivity contribution in [2.75, 3.05) is 39.5 Å². The summed E-state index contributed by atoms with van der Waals surface area (Å²) in [5.41, 5.74) is 4.73. The number of carbonyl (C=O) groups excluding carboxylic acids is 1. The molecule has 1 aromatic carbocycles. The predicted octanol–water partition coefficient (Wildman–Crippen LogP) is 1.61. The first-order chi connectivity index (χ1) is 11.5. The maximum atomic E-state index is 11.3. The van der Waals surface area contributed by atoms with Gasteiger partial charge in [-0.2, -0.15) is 0 Å². The van der Waals surface area contributed by atoms with Crippen molar-refractivity contribution in [3.8, 4) is 5.75 Å². The van der Waals surface area contributed by atoms with Gasteiger partial charge in [0, 0.05) is 31.3 Å². The van der Waals surface area contributed by atoms with Crippen LogP contribution in [0.2, 0.25) is 5.02 Å². The Morgan fingerprint density at radius 1 is 1.42 bits per heavy atom. The van der Waals surface area contributed by atoms with Crippen LogP contribution in [0.1, 0.15) is 10.4 Å². The number of hydrogen-bond donors (Lipinski definition) is 1. The molecule has 0 spiro atoms. The first-order valence-electron chi connectivity index (χ1n) is 7.34. The standard InChI is InChI=1S/C15H18ClN3O5/c16-14-12(19(21)22)9-11(15(17)20)10-13(14)24-6-2-1-3-18-4-7-23-8-5-18/h1-2,9-10H,3-8H2,(H2,17,20)/b2-1-. The summed E-state index contributed by atoms with van der Waals surface area (Å²) in [6.07, 6.45) is 3.72. The van der Waals surface area contributed by atoms with Gasteiger partial charge in [0.25, 0.3) is 5.69 Å². The largest absolute Gasteiger partial charge is 0.488 e. The summed E-state index contributed by atoms with van der Waals surface area (Å²) < 4.78 is 10.7. The minimum absolute atomic E-state index is 0.0293. The van der Waals surface area contributed by atoms with Gasteiger partial charge in [0.05, 0.1) is 18.1 Å². The topological polar surface area (TPSA) is 108 Å². The van der Waals surface area contributed by atoms with Gasteiger partial charge in [-0.1, -0.05) is 23.8 Å². The number of nitro benzene ring substituents is 1. The van der Waals surface area contributed by atoms with Crippen molar-refractivity contribution in [2.45, 2.75) is 0 Å². The highest BCUT2D eigenvalue weighted by Crippen LogP contribution is 2.35. The van der Waals surface area contributed by atoms with Crippen LogP contribution < -0.4 is 10.5 Å². The maximum absolute atomic E-state index is 11.3. The highest BCUT2D eigenvalue weighted by Gasteiger charge is 2.20. The van der Waals surface area contributed by atoms with E-state index in [-0.39, 0.29) is 22.9 Å². The second-order valence-corrected chi connectivity index (χ2v) is 5.50. The lowest BCUT2D eigenvalue weighted by molar-refractivity contribution is -0.384. The number of rotatable bonds is 7. The Morgan fingerprint density at radius 3 is 2.75 bits per heavy atom. The Balaban J connectivity index is 1.98. The predicted molar refractivity (Wildman–Crippen MR) is 88.5 cm³/mol. The molecule has 0 saturated carbocycles. The number of morpholine rings is 1. The molecule has 0 radical (unpaired) electrons. The zero-order valence-electron chi connectivity index (χ0n) is 12.9. The zero-order chi connectivity index (χ0) is 17.5. The van der Waals surface area contributed by atoms with Crippen LogP contribution in [-0.4, -0.2) is 55.2 Å². The number of amides is 1. The monoisotopic (exact) mass is 355 g/mol. The molecule has 2 rings (SSSR count). The Hall–Kier alpha value is -2.16. The summed E-state index contributed by atoms with van der Waals surface area (Å²) in [7, 11) is 0. The Morgan fingerprint density at radius 2 is 2.12 bits per heavy atom. The smallest absolute Gasteiger partial charge is 0.292 e. The van der Waals surface area contributed by atoms with E-state index in [0.29, 0.717) is 0 Å². The molecule has 8 nitrogen and oxygen atoms in total. The fraction of sp³-hybridized carbons (Fsp3) is 0.400. The van der Waals surface area contributed by atoms with Crippen molar-refractivity contribution in [1.82, 2.24) is 4.90 Å². The quantitative estimate of drug-likeness (QED) is 0.452. The summed E-state index contributed by atoms with van der Waals surface area (Å²) in [6.45, 7) is 4.14. The molecule has 1 fully saturated rings. The third-order valence-corrected chi connectivity index (χ3v) is 3.85. The number of hydrogen-bond acceptors (Lipinski definition) is 6. The molecule has 0 bridgehead atoms. The van der Waals surface area contributed by atoms with E-state index < -0.39 is 16.5 Å². The van der Waals surface area contributed by atoms with Crippen molar-refractivity contribution in [3.63, 3.8) is 0 Å². The van der Waals surface area contributed by atoms with Crippen molar-refractivity contribution in [2.24, 2.45) is 5.73 Å². The Labute approximate surface area is 143 Å². The number of primary amides is 1. The van der Waals surface area contributed by atoms with Crippen LogP contribution >= 0.6 is 11.6 Å². The molecule has 0 aliphatic carbocycles. The van der Waals surface area contributed by atoms with Crippen LogP contribution in [0.3, 0.4) is 0 Å². The molecule has 1 saturated heterocycles. The summed E-state index contributed by atoms with van der Waals surface area (Å²) in [4.78, 5) is 23.8. The minimum Gasteiger partial charge on any atom is -0.488 e. The van der Waals surface area contributed by atoms with E-state index in [1.54, 1.807) is 6.08 Å².